The lowest BCUT2D eigenvalue weighted by molar-refractivity contribution is -0.112. The molecular weight excluding hydrogens is 318 g/mol. The summed E-state index contributed by atoms with van der Waals surface area (Å²) < 4.78 is 10.2. The van der Waals surface area contributed by atoms with Crippen LogP contribution in [-0.4, -0.2) is 19.0 Å². The van der Waals surface area contributed by atoms with Gasteiger partial charge in [-0.15, -0.1) is 0 Å². The summed E-state index contributed by atoms with van der Waals surface area (Å²) in [6, 6.07) is 12.3. The maximum Gasteiger partial charge on any atom is 0.337 e. The van der Waals surface area contributed by atoms with Crippen molar-refractivity contribution in [3.63, 3.8) is 0 Å². The van der Waals surface area contributed by atoms with Crippen molar-refractivity contribution in [2.75, 3.05) is 12.4 Å². The molecule has 3 rings (SSSR count). The van der Waals surface area contributed by atoms with Gasteiger partial charge in [0.05, 0.1) is 18.9 Å². The van der Waals surface area contributed by atoms with Crippen molar-refractivity contribution in [1.29, 1.82) is 0 Å². The average molecular weight is 335 g/mol. The molecule has 0 radical (unpaired) electrons. The zero-order valence-electron chi connectivity index (χ0n) is 13.9. The maximum atomic E-state index is 12.5. The van der Waals surface area contributed by atoms with E-state index in [1.165, 1.54) is 13.4 Å². The van der Waals surface area contributed by atoms with Crippen molar-refractivity contribution in [3.8, 4) is 5.75 Å². The number of anilines is 1. The van der Waals surface area contributed by atoms with Gasteiger partial charge in [-0.2, -0.15) is 0 Å². The van der Waals surface area contributed by atoms with E-state index in [0.29, 0.717) is 22.6 Å². The maximum absolute atomic E-state index is 12.5. The minimum Gasteiger partial charge on any atom is -0.465 e. The van der Waals surface area contributed by atoms with Crippen LogP contribution in [0.25, 0.3) is 6.08 Å². The highest BCUT2D eigenvalue weighted by atomic mass is 16.5. The van der Waals surface area contributed by atoms with Gasteiger partial charge in [-0.05, 0) is 55.5 Å². The number of fused-ring (bicyclic) bond motifs is 1. The van der Waals surface area contributed by atoms with Gasteiger partial charge in [-0.25, -0.2) is 4.79 Å². The highest BCUT2D eigenvalue weighted by molar-refractivity contribution is 6.09. The van der Waals surface area contributed by atoms with E-state index in [9.17, 15) is 9.59 Å². The molecule has 0 saturated carbocycles. The number of methoxy groups -OCH3 is 1. The second-order valence-corrected chi connectivity index (χ2v) is 5.58. The molecule has 0 aliphatic carbocycles. The number of carbonyl (C=O) groups is 2. The topological polar surface area (TPSA) is 64.6 Å². The third-order valence-corrected chi connectivity index (χ3v) is 3.74. The van der Waals surface area contributed by atoms with Gasteiger partial charge in [-0.3, -0.25) is 4.79 Å². The van der Waals surface area contributed by atoms with E-state index in [0.717, 1.165) is 11.1 Å². The summed E-state index contributed by atoms with van der Waals surface area (Å²) >= 11 is 0. The summed E-state index contributed by atoms with van der Waals surface area (Å²) in [6.07, 6.45) is 4.89. The Bertz CT molecular complexity index is 879. The zero-order chi connectivity index (χ0) is 17.8. The molecule has 1 heterocycles. The number of ether oxygens (including phenoxy) is 2. The third kappa shape index (κ3) is 3.77. The Balaban J connectivity index is 1.80. The minimum atomic E-state index is -0.420. The number of carbonyl (C=O) groups excluding carboxylic acids is 2. The molecule has 0 saturated heterocycles. The van der Waals surface area contributed by atoms with Crippen LogP contribution in [0, 0.1) is 6.92 Å². The molecule has 0 unspecified atom stereocenters. The molecule has 0 atom stereocenters. The molecule has 1 amide bonds. The largest absolute Gasteiger partial charge is 0.465 e. The summed E-state index contributed by atoms with van der Waals surface area (Å²) in [4.78, 5) is 23.9. The zero-order valence-corrected chi connectivity index (χ0v) is 13.9. The molecule has 1 N–H and O–H groups in total. The van der Waals surface area contributed by atoms with Crippen molar-refractivity contribution in [2.24, 2.45) is 0 Å². The number of amides is 1. The Labute approximate surface area is 145 Å². The van der Waals surface area contributed by atoms with Gasteiger partial charge in [0.25, 0.3) is 5.91 Å². The number of nitrogens with one attached hydrogen (secondary N) is 1. The van der Waals surface area contributed by atoms with Gasteiger partial charge in [-0.1, -0.05) is 11.6 Å². The highest BCUT2D eigenvalue weighted by Crippen LogP contribution is 2.26. The van der Waals surface area contributed by atoms with Crippen molar-refractivity contribution in [3.05, 3.63) is 77.1 Å². The van der Waals surface area contributed by atoms with Crippen LogP contribution in [0.1, 0.15) is 21.5 Å². The first-order valence-corrected chi connectivity index (χ1v) is 7.72. The van der Waals surface area contributed by atoms with E-state index in [4.69, 9.17) is 4.74 Å². The first-order chi connectivity index (χ1) is 12.1. The number of hydrogen-bond acceptors (Lipinski definition) is 4. The SMILES string of the molecule is COC(=O)c1ccc(NC(=O)C2=Cc3cc(C)ccc3OC=C2)cc1. The molecule has 5 nitrogen and oxygen atoms in total. The molecule has 1 aliphatic rings. The number of aryl methyl sites for hydroxylation is 1. The second-order valence-electron chi connectivity index (χ2n) is 5.58. The van der Waals surface area contributed by atoms with Crippen LogP contribution in [0.4, 0.5) is 5.69 Å². The predicted molar refractivity (Wildman–Crippen MR) is 95.3 cm³/mol. The molecule has 0 spiro atoms. The first kappa shape index (κ1) is 16.5. The normalized spacial score (nSPS) is 12.3. The lowest BCUT2D eigenvalue weighted by Gasteiger charge is -2.07. The number of rotatable bonds is 3. The predicted octanol–water partition coefficient (Wildman–Crippen LogP) is 3.71. The van der Waals surface area contributed by atoms with Gasteiger partial charge in [0.2, 0.25) is 0 Å². The van der Waals surface area contributed by atoms with Crippen LogP contribution in [0.15, 0.2) is 60.4 Å². The molecular formula is C20H17NO4. The van der Waals surface area contributed by atoms with Crippen LogP contribution in [0.2, 0.25) is 0 Å². The van der Waals surface area contributed by atoms with E-state index >= 15 is 0 Å². The van der Waals surface area contributed by atoms with Crippen LogP contribution < -0.4 is 10.1 Å². The average Bonchev–Trinajstić information content (AvgIpc) is 2.83. The lowest BCUT2D eigenvalue weighted by atomic mass is 10.1. The fraction of sp³-hybridized carbons (Fsp3) is 0.100. The molecule has 1 aliphatic heterocycles. The number of esters is 1. The van der Waals surface area contributed by atoms with Gasteiger partial charge >= 0.3 is 5.97 Å². The summed E-state index contributed by atoms with van der Waals surface area (Å²) in [5, 5.41) is 2.80. The summed E-state index contributed by atoms with van der Waals surface area (Å²) in [5.74, 6) is 0.0171. The third-order valence-electron chi connectivity index (χ3n) is 3.74. The smallest absolute Gasteiger partial charge is 0.337 e. The quantitative estimate of drug-likeness (QED) is 0.869. The molecule has 25 heavy (non-hydrogen) atoms. The Kier molecular flexibility index (Phi) is 4.66. The molecule has 5 heteroatoms. The van der Waals surface area contributed by atoms with Crippen molar-refractivity contribution >= 4 is 23.6 Å². The van der Waals surface area contributed by atoms with Crippen molar-refractivity contribution in [2.45, 2.75) is 6.92 Å². The second kappa shape index (κ2) is 7.05. The monoisotopic (exact) mass is 335 g/mol. The van der Waals surface area contributed by atoms with Crippen LogP contribution >= 0.6 is 0 Å². The summed E-state index contributed by atoms with van der Waals surface area (Å²) in [5.41, 5.74) is 3.41. The van der Waals surface area contributed by atoms with Gasteiger partial charge in [0, 0.05) is 16.8 Å². The lowest BCUT2D eigenvalue weighted by Crippen LogP contribution is -2.13. The highest BCUT2D eigenvalue weighted by Gasteiger charge is 2.13. The van der Waals surface area contributed by atoms with E-state index in [2.05, 4.69) is 10.1 Å². The summed E-state index contributed by atoms with van der Waals surface area (Å²) in [7, 11) is 1.32. The van der Waals surface area contributed by atoms with Gasteiger partial charge in [0.15, 0.2) is 0 Å². The van der Waals surface area contributed by atoms with Crippen molar-refractivity contribution in [1.82, 2.24) is 0 Å². The first-order valence-electron chi connectivity index (χ1n) is 7.72. The molecule has 0 aromatic heterocycles. The summed E-state index contributed by atoms with van der Waals surface area (Å²) in [6.45, 7) is 1.98. The fourth-order valence-corrected chi connectivity index (χ4v) is 2.44. The number of benzene rings is 2. The Morgan fingerprint density at radius 1 is 1.08 bits per heavy atom. The number of hydrogen-bond donors (Lipinski definition) is 1. The Morgan fingerprint density at radius 3 is 2.56 bits per heavy atom. The van der Waals surface area contributed by atoms with Gasteiger partial charge in [0.1, 0.15) is 5.75 Å². The molecule has 126 valence electrons. The molecule has 2 aromatic rings. The Hall–Kier alpha value is -3.34. The van der Waals surface area contributed by atoms with E-state index in [-0.39, 0.29) is 5.91 Å². The van der Waals surface area contributed by atoms with Crippen molar-refractivity contribution < 1.29 is 19.1 Å². The fourth-order valence-electron chi connectivity index (χ4n) is 2.44. The molecule has 2 aromatic carbocycles. The molecule has 0 bridgehead atoms. The van der Waals surface area contributed by atoms with Crippen LogP contribution in [0.5, 0.6) is 5.75 Å². The van der Waals surface area contributed by atoms with E-state index in [1.54, 1.807) is 36.4 Å². The Morgan fingerprint density at radius 2 is 1.84 bits per heavy atom. The minimum absolute atomic E-state index is 0.264. The standard InChI is InChI=1S/C20H17NO4/c1-13-3-8-18-16(11-13)12-15(9-10-25-18)19(22)21-17-6-4-14(5-7-17)20(23)24-2/h3-12H,1-2H3,(H,21,22). The van der Waals surface area contributed by atoms with E-state index in [1.807, 2.05) is 25.1 Å². The van der Waals surface area contributed by atoms with Gasteiger partial charge < -0.3 is 14.8 Å². The van der Waals surface area contributed by atoms with Crippen LogP contribution in [-0.2, 0) is 9.53 Å². The molecule has 0 fully saturated rings. The van der Waals surface area contributed by atoms with Crippen LogP contribution in [0.3, 0.4) is 0 Å². The van der Waals surface area contributed by atoms with E-state index < -0.39 is 5.97 Å².